The van der Waals surface area contributed by atoms with Crippen molar-refractivity contribution in [3.8, 4) is 11.5 Å². The van der Waals surface area contributed by atoms with Crippen LogP contribution in [0.2, 0.25) is 0 Å². The fraction of sp³-hybridized carbons (Fsp3) is 0.111. The van der Waals surface area contributed by atoms with Crippen molar-refractivity contribution in [1.29, 1.82) is 0 Å². The average Bonchev–Trinajstić information content (AvgIpc) is 2.59. The van der Waals surface area contributed by atoms with Gasteiger partial charge in [-0.05, 0) is 23.8 Å². The molecule has 1 atom stereocenters. The summed E-state index contributed by atoms with van der Waals surface area (Å²) in [7, 11) is 1.42. The SMILES string of the molecule is COc1cc(C=CC(=O)OC(C(N)=O)c2ccccc2)ccc1O. The van der Waals surface area contributed by atoms with Crippen molar-refractivity contribution in [3.05, 3.63) is 65.7 Å². The Morgan fingerprint density at radius 1 is 1.17 bits per heavy atom. The van der Waals surface area contributed by atoms with Gasteiger partial charge in [0, 0.05) is 11.6 Å². The molecule has 0 saturated heterocycles. The van der Waals surface area contributed by atoms with Crippen molar-refractivity contribution in [2.24, 2.45) is 5.73 Å². The van der Waals surface area contributed by atoms with E-state index in [-0.39, 0.29) is 11.5 Å². The molecular weight excluding hydrogens is 310 g/mol. The quantitative estimate of drug-likeness (QED) is 0.626. The smallest absolute Gasteiger partial charge is 0.331 e. The molecule has 2 aromatic carbocycles. The van der Waals surface area contributed by atoms with Gasteiger partial charge < -0.3 is 20.3 Å². The van der Waals surface area contributed by atoms with E-state index in [1.54, 1.807) is 42.5 Å². The van der Waals surface area contributed by atoms with E-state index in [9.17, 15) is 14.7 Å². The van der Waals surface area contributed by atoms with Crippen molar-refractivity contribution in [2.45, 2.75) is 6.10 Å². The van der Waals surface area contributed by atoms with Crippen LogP contribution in [0.25, 0.3) is 6.08 Å². The first-order valence-electron chi connectivity index (χ1n) is 7.11. The van der Waals surface area contributed by atoms with Gasteiger partial charge in [-0.25, -0.2) is 4.79 Å². The van der Waals surface area contributed by atoms with E-state index in [1.165, 1.54) is 25.3 Å². The van der Waals surface area contributed by atoms with Gasteiger partial charge in [0.25, 0.3) is 5.91 Å². The van der Waals surface area contributed by atoms with Crippen LogP contribution in [-0.4, -0.2) is 24.1 Å². The second-order valence-electron chi connectivity index (χ2n) is 4.89. The highest BCUT2D eigenvalue weighted by Crippen LogP contribution is 2.26. The van der Waals surface area contributed by atoms with Crippen LogP contribution in [-0.2, 0) is 14.3 Å². The fourth-order valence-corrected chi connectivity index (χ4v) is 2.04. The van der Waals surface area contributed by atoms with Gasteiger partial charge in [-0.2, -0.15) is 0 Å². The number of primary amides is 1. The molecule has 1 unspecified atom stereocenters. The van der Waals surface area contributed by atoms with Crippen molar-refractivity contribution < 1.29 is 24.2 Å². The van der Waals surface area contributed by atoms with Crippen LogP contribution in [0.3, 0.4) is 0 Å². The Morgan fingerprint density at radius 2 is 1.88 bits per heavy atom. The summed E-state index contributed by atoms with van der Waals surface area (Å²) in [6.07, 6.45) is 1.50. The molecule has 0 heterocycles. The maximum Gasteiger partial charge on any atom is 0.331 e. The van der Waals surface area contributed by atoms with Crippen LogP contribution in [0.5, 0.6) is 11.5 Å². The minimum atomic E-state index is -1.15. The number of carbonyl (C=O) groups excluding carboxylic acids is 2. The van der Waals surface area contributed by atoms with Crippen molar-refractivity contribution in [3.63, 3.8) is 0 Å². The summed E-state index contributed by atoms with van der Waals surface area (Å²) >= 11 is 0. The Bertz CT molecular complexity index is 755. The largest absolute Gasteiger partial charge is 0.504 e. The first-order chi connectivity index (χ1) is 11.5. The molecule has 0 aliphatic rings. The van der Waals surface area contributed by atoms with Crippen molar-refractivity contribution in [1.82, 2.24) is 0 Å². The summed E-state index contributed by atoms with van der Waals surface area (Å²) in [5.41, 5.74) is 6.41. The number of benzene rings is 2. The third-order valence-electron chi connectivity index (χ3n) is 3.21. The number of nitrogens with two attached hydrogens (primary N) is 1. The van der Waals surface area contributed by atoms with E-state index < -0.39 is 18.0 Å². The topological polar surface area (TPSA) is 98.9 Å². The van der Waals surface area contributed by atoms with E-state index in [4.69, 9.17) is 15.2 Å². The van der Waals surface area contributed by atoms with Crippen molar-refractivity contribution >= 4 is 18.0 Å². The highest BCUT2D eigenvalue weighted by Gasteiger charge is 2.21. The monoisotopic (exact) mass is 327 g/mol. The summed E-state index contributed by atoms with van der Waals surface area (Å²) in [4.78, 5) is 23.4. The number of esters is 1. The van der Waals surface area contributed by atoms with E-state index in [1.807, 2.05) is 0 Å². The molecule has 124 valence electrons. The average molecular weight is 327 g/mol. The fourth-order valence-electron chi connectivity index (χ4n) is 2.04. The van der Waals surface area contributed by atoms with E-state index >= 15 is 0 Å². The minimum Gasteiger partial charge on any atom is -0.504 e. The Labute approximate surface area is 139 Å². The molecule has 0 radical (unpaired) electrons. The zero-order chi connectivity index (χ0) is 17.5. The standard InChI is InChI=1S/C18H17NO5/c1-23-15-11-12(7-9-14(15)20)8-10-16(21)24-17(18(19)22)13-5-3-2-4-6-13/h2-11,17,20H,1H3,(H2,19,22). The Kier molecular flexibility index (Phi) is 5.57. The second-order valence-corrected chi connectivity index (χ2v) is 4.89. The molecule has 1 amide bonds. The number of rotatable bonds is 6. The van der Waals surface area contributed by atoms with E-state index in [0.717, 1.165) is 0 Å². The Balaban J connectivity index is 2.10. The molecule has 0 spiro atoms. The van der Waals surface area contributed by atoms with Gasteiger partial charge in [-0.1, -0.05) is 36.4 Å². The number of methoxy groups -OCH3 is 1. The van der Waals surface area contributed by atoms with Gasteiger partial charge >= 0.3 is 5.97 Å². The van der Waals surface area contributed by atoms with E-state index in [0.29, 0.717) is 11.1 Å². The van der Waals surface area contributed by atoms with Crippen LogP contribution in [0.4, 0.5) is 0 Å². The minimum absolute atomic E-state index is 0.00454. The van der Waals surface area contributed by atoms with Gasteiger partial charge in [0.1, 0.15) is 0 Å². The molecule has 0 aromatic heterocycles. The summed E-state index contributed by atoms with van der Waals surface area (Å²) in [6, 6.07) is 13.1. The second kappa shape index (κ2) is 7.82. The lowest BCUT2D eigenvalue weighted by atomic mass is 10.1. The first-order valence-corrected chi connectivity index (χ1v) is 7.11. The maximum absolute atomic E-state index is 11.9. The number of phenolic OH excluding ortho intramolecular Hbond substituents is 1. The summed E-state index contributed by atoms with van der Waals surface area (Å²) in [5.74, 6) is -1.19. The number of phenols is 1. The molecule has 2 rings (SSSR count). The van der Waals surface area contributed by atoms with E-state index in [2.05, 4.69) is 0 Å². The molecule has 24 heavy (non-hydrogen) atoms. The van der Waals surface area contributed by atoms with Crippen LogP contribution < -0.4 is 10.5 Å². The predicted octanol–water partition coefficient (Wildman–Crippen LogP) is 2.18. The number of hydrogen-bond acceptors (Lipinski definition) is 5. The highest BCUT2D eigenvalue weighted by atomic mass is 16.5. The van der Waals surface area contributed by atoms with Crippen LogP contribution in [0.1, 0.15) is 17.2 Å². The predicted molar refractivity (Wildman–Crippen MR) is 88.2 cm³/mol. The number of amides is 1. The molecule has 2 aromatic rings. The Hall–Kier alpha value is -3.28. The summed E-state index contributed by atoms with van der Waals surface area (Å²) in [5, 5.41) is 9.53. The number of hydrogen-bond donors (Lipinski definition) is 2. The third kappa shape index (κ3) is 4.36. The first kappa shape index (κ1) is 17.1. The zero-order valence-corrected chi connectivity index (χ0v) is 13.0. The lowest BCUT2D eigenvalue weighted by Crippen LogP contribution is -2.25. The van der Waals surface area contributed by atoms with Gasteiger partial charge in [-0.3, -0.25) is 4.79 Å². The number of ether oxygens (including phenoxy) is 2. The molecule has 6 nitrogen and oxygen atoms in total. The number of aromatic hydroxyl groups is 1. The number of carbonyl (C=O) groups is 2. The molecule has 3 N–H and O–H groups in total. The normalized spacial score (nSPS) is 11.9. The molecule has 0 aliphatic heterocycles. The third-order valence-corrected chi connectivity index (χ3v) is 3.21. The summed E-state index contributed by atoms with van der Waals surface area (Å²) in [6.45, 7) is 0. The highest BCUT2D eigenvalue weighted by molar-refractivity contribution is 5.90. The molecule has 6 heteroatoms. The molecule has 0 bridgehead atoms. The summed E-state index contributed by atoms with van der Waals surface area (Å²) < 4.78 is 10.1. The maximum atomic E-state index is 11.9. The molecular formula is C18H17NO5. The molecule has 0 fully saturated rings. The van der Waals surface area contributed by atoms with Gasteiger partial charge in [0.15, 0.2) is 11.5 Å². The van der Waals surface area contributed by atoms with Gasteiger partial charge in [-0.15, -0.1) is 0 Å². The lowest BCUT2D eigenvalue weighted by Gasteiger charge is -2.13. The van der Waals surface area contributed by atoms with Gasteiger partial charge in [0.2, 0.25) is 6.10 Å². The van der Waals surface area contributed by atoms with Crippen LogP contribution >= 0.6 is 0 Å². The Morgan fingerprint density at radius 3 is 2.50 bits per heavy atom. The van der Waals surface area contributed by atoms with Crippen LogP contribution in [0.15, 0.2) is 54.6 Å². The van der Waals surface area contributed by atoms with Gasteiger partial charge in [0.05, 0.1) is 7.11 Å². The lowest BCUT2D eigenvalue weighted by molar-refractivity contribution is -0.150. The van der Waals surface area contributed by atoms with Crippen LogP contribution in [0, 0.1) is 0 Å². The molecule has 0 saturated carbocycles. The zero-order valence-electron chi connectivity index (χ0n) is 13.0. The molecule has 0 aliphatic carbocycles. The van der Waals surface area contributed by atoms with Crippen molar-refractivity contribution in [2.75, 3.05) is 7.11 Å².